The molecule has 0 fully saturated rings. The Morgan fingerprint density at radius 1 is 0.375 bits per heavy atom. The molecule has 0 heterocycles. The zero-order valence-corrected chi connectivity index (χ0v) is 18.3. The largest absolute Gasteiger partial charge is 1.00 e. The molecule has 0 bridgehead atoms. The molecular formula is C22H48ClN. The van der Waals surface area contributed by atoms with Gasteiger partial charge in [0.1, 0.15) is 0 Å². The van der Waals surface area contributed by atoms with Gasteiger partial charge in [0, 0.05) is 0 Å². The molecule has 0 aromatic rings. The smallest absolute Gasteiger partial charge is 0.0786 e. The van der Waals surface area contributed by atoms with E-state index in [-0.39, 0.29) is 12.4 Å². The highest BCUT2D eigenvalue weighted by atomic mass is 35.5. The van der Waals surface area contributed by atoms with E-state index in [1.165, 1.54) is 121 Å². The Morgan fingerprint density at radius 3 is 1.00 bits per heavy atom. The van der Waals surface area contributed by atoms with Crippen LogP contribution in [0.15, 0.2) is 0 Å². The van der Waals surface area contributed by atoms with E-state index in [1.807, 2.05) is 0 Å². The third-order valence-corrected chi connectivity index (χ3v) is 5.44. The zero-order valence-electron chi connectivity index (χ0n) is 17.6. The first-order valence-electron chi connectivity index (χ1n) is 11.1. The van der Waals surface area contributed by atoms with Crippen molar-refractivity contribution in [2.75, 3.05) is 26.2 Å². The standard InChI is InChI=1S/C22H48N.ClH/c1-5-9-13-15-17-21-23(19-11-7-3,20-12-8-4)22-18-16-14-10-6-2;/h5-22H2,1-4H3;1H/q+1;/p-1. The summed E-state index contributed by atoms with van der Waals surface area (Å²) in [5.74, 6) is 0. The summed E-state index contributed by atoms with van der Waals surface area (Å²) >= 11 is 0. The Balaban J connectivity index is 0. The van der Waals surface area contributed by atoms with Crippen LogP contribution in [-0.2, 0) is 0 Å². The van der Waals surface area contributed by atoms with Crippen LogP contribution in [0, 0.1) is 0 Å². The van der Waals surface area contributed by atoms with Gasteiger partial charge in [0.05, 0.1) is 26.2 Å². The molecule has 148 valence electrons. The first-order chi connectivity index (χ1) is 11.2. The quantitative estimate of drug-likeness (QED) is 0.251. The van der Waals surface area contributed by atoms with Crippen molar-refractivity contribution < 1.29 is 16.9 Å². The SMILES string of the molecule is CCCCCCC[N+](CCCC)(CCCC)CCCCCCC.[Cl-]. The molecule has 0 aliphatic heterocycles. The molecule has 0 saturated carbocycles. The van der Waals surface area contributed by atoms with Crippen LogP contribution >= 0.6 is 0 Å². The molecule has 2 heteroatoms. The van der Waals surface area contributed by atoms with Gasteiger partial charge < -0.3 is 16.9 Å². The van der Waals surface area contributed by atoms with Crippen molar-refractivity contribution in [2.24, 2.45) is 0 Å². The second-order valence-electron chi connectivity index (χ2n) is 7.77. The molecule has 0 aliphatic carbocycles. The Bertz CT molecular complexity index is 206. The molecule has 24 heavy (non-hydrogen) atoms. The van der Waals surface area contributed by atoms with Crippen LogP contribution in [0.25, 0.3) is 0 Å². The number of rotatable bonds is 18. The maximum Gasteiger partial charge on any atom is 0.0786 e. The van der Waals surface area contributed by atoms with Gasteiger partial charge in [-0.2, -0.15) is 0 Å². The molecule has 0 aromatic carbocycles. The lowest BCUT2D eigenvalue weighted by molar-refractivity contribution is -0.929. The second kappa shape index (κ2) is 19.6. The van der Waals surface area contributed by atoms with Gasteiger partial charge in [-0.25, -0.2) is 0 Å². The molecule has 0 saturated heterocycles. The van der Waals surface area contributed by atoms with E-state index in [9.17, 15) is 0 Å². The normalized spacial score (nSPS) is 11.5. The van der Waals surface area contributed by atoms with Gasteiger partial charge in [-0.05, 0) is 38.5 Å². The number of hydrogen-bond donors (Lipinski definition) is 0. The summed E-state index contributed by atoms with van der Waals surface area (Å²) in [5.41, 5.74) is 0. The average molecular weight is 362 g/mol. The Morgan fingerprint density at radius 2 is 0.667 bits per heavy atom. The molecule has 0 N–H and O–H groups in total. The Hall–Kier alpha value is 0.250. The van der Waals surface area contributed by atoms with Gasteiger partial charge in [-0.3, -0.25) is 0 Å². The maximum absolute atomic E-state index is 2.36. The van der Waals surface area contributed by atoms with Crippen molar-refractivity contribution in [2.45, 2.75) is 118 Å². The summed E-state index contributed by atoms with van der Waals surface area (Å²) in [7, 11) is 0. The summed E-state index contributed by atoms with van der Waals surface area (Å²) in [4.78, 5) is 0. The number of unbranched alkanes of at least 4 members (excludes halogenated alkanes) is 10. The summed E-state index contributed by atoms with van der Waals surface area (Å²) < 4.78 is 1.44. The fraction of sp³-hybridized carbons (Fsp3) is 1.00. The van der Waals surface area contributed by atoms with Crippen molar-refractivity contribution in [3.05, 3.63) is 0 Å². The highest BCUT2D eigenvalue weighted by molar-refractivity contribution is 4.52. The van der Waals surface area contributed by atoms with Gasteiger partial charge in [0.25, 0.3) is 0 Å². The van der Waals surface area contributed by atoms with Crippen molar-refractivity contribution in [1.82, 2.24) is 0 Å². The number of hydrogen-bond acceptors (Lipinski definition) is 0. The van der Waals surface area contributed by atoms with Crippen LogP contribution in [0.4, 0.5) is 0 Å². The number of quaternary nitrogens is 1. The van der Waals surface area contributed by atoms with E-state index in [0.29, 0.717) is 0 Å². The molecule has 0 unspecified atom stereocenters. The molecule has 0 rings (SSSR count). The number of nitrogens with zero attached hydrogens (tertiary/aromatic N) is 1. The first-order valence-corrected chi connectivity index (χ1v) is 11.1. The van der Waals surface area contributed by atoms with Crippen LogP contribution < -0.4 is 12.4 Å². The molecule has 0 atom stereocenters. The van der Waals surface area contributed by atoms with Gasteiger partial charge in [-0.15, -0.1) is 0 Å². The van der Waals surface area contributed by atoms with Crippen LogP contribution in [0.1, 0.15) is 118 Å². The summed E-state index contributed by atoms with van der Waals surface area (Å²) in [6.07, 6.45) is 19.9. The lowest BCUT2D eigenvalue weighted by atomic mass is 10.1. The Kier molecular flexibility index (Phi) is 21.6. The van der Waals surface area contributed by atoms with E-state index >= 15 is 0 Å². The van der Waals surface area contributed by atoms with Crippen LogP contribution in [0.2, 0.25) is 0 Å². The summed E-state index contributed by atoms with van der Waals surface area (Å²) in [6.45, 7) is 15.2. The zero-order chi connectivity index (χ0) is 17.2. The molecule has 0 aromatic heterocycles. The van der Waals surface area contributed by atoms with E-state index in [0.717, 1.165) is 0 Å². The second-order valence-corrected chi connectivity index (χ2v) is 7.77. The van der Waals surface area contributed by atoms with Crippen LogP contribution in [0.5, 0.6) is 0 Å². The van der Waals surface area contributed by atoms with Crippen molar-refractivity contribution in [3.8, 4) is 0 Å². The van der Waals surface area contributed by atoms with Crippen molar-refractivity contribution in [3.63, 3.8) is 0 Å². The molecule has 1 nitrogen and oxygen atoms in total. The lowest BCUT2D eigenvalue weighted by Crippen LogP contribution is -3.00. The predicted octanol–water partition coefficient (Wildman–Crippen LogP) is 4.35. The summed E-state index contributed by atoms with van der Waals surface area (Å²) in [5, 5.41) is 0. The topological polar surface area (TPSA) is 0 Å². The Labute approximate surface area is 161 Å². The molecule has 0 amide bonds. The van der Waals surface area contributed by atoms with Gasteiger partial charge in [-0.1, -0.05) is 79.1 Å². The highest BCUT2D eigenvalue weighted by Gasteiger charge is 2.25. The van der Waals surface area contributed by atoms with Gasteiger partial charge >= 0.3 is 0 Å². The fourth-order valence-corrected chi connectivity index (χ4v) is 3.76. The molecule has 0 spiro atoms. The lowest BCUT2D eigenvalue weighted by Gasteiger charge is -2.39. The van der Waals surface area contributed by atoms with Crippen LogP contribution in [0.3, 0.4) is 0 Å². The van der Waals surface area contributed by atoms with Gasteiger partial charge in [0.15, 0.2) is 0 Å². The monoisotopic (exact) mass is 361 g/mol. The van der Waals surface area contributed by atoms with Crippen LogP contribution in [-0.4, -0.2) is 30.7 Å². The minimum Gasteiger partial charge on any atom is -1.00 e. The van der Waals surface area contributed by atoms with Gasteiger partial charge in [0.2, 0.25) is 0 Å². The summed E-state index contributed by atoms with van der Waals surface area (Å²) in [6, 6.07) is 0. The van der Waals surface area contributed by atoms with E-state index in [1.54, 1.807) is 0 Å². The van der Waals surface area contributed by atoms with Crippen molar-refractivity contribution in [1.29, 1.82) is 0 Å². The average Bonchev–Trinajstić information content (AvgIpc) is 2.57. The maximum atomic E-state index is 2.36. The van der Waals surface area contributed by atoms with E-state index in [2.05, 4.69) is 27.7 Å². The third-order valence-electron chi connectivity index (χ3n) is 5.44. The third kappa shape index (κ3) is 14.6. The highest BCUT2D eigenvalue weighted by Crippen LogP contribution is 2.18. The van der Waals surface area contributed by atoms with E-state index in [4.69, 9.17) is 0 Å². The predicted molar refractivity (Wildman–Crippen MR) is 107 cm³/mol. The van der Waals surface area contributed by atoms with Crippen molar-refractivity contribution >= 4 is 0 Å². The molecule has 0 aliphatic rings. The molecule has 0 radical (unpaired) electrons. The fourth-order valence-electron chi connectivity index (χ4n) is 3.76. The molecular weight excluding hydrogens is 314 g/mol. The number of halogens is 1. The first kappa shape index (κ1) is 26.5. The minimum absolute atomic E-state index is 0. The minimum atomic E-state index is 0. The van der Waals surface area contributed by atoms with E-state index < -0.39 is 0 Å².